The van der Waals surface area contributed by atoms with Crippen molar-refractivity contribution in [2.24, 2.45) is 23.7 Å². The van der Waals surface area contributed by atoms with Gasteiger partial charge in [0.15, 0.2) is 0 Å². The van der Waals surface area contributed by atoms with Crippen molar-refractivity contribution in [3.05, 3.63) is 27.1 Å². The van der Waals surface area contributed by atoms with Crippen molar-refractivity contribution < 1.29 is 4.92 Å². The van der Waals surface area contributed by atoms with Gasteiger partial charge in [-0.1, -0.05) is 11.3 Å². The summed E-state index contributed by atoms with van der Waals surface area (Å²) in [6, 6.07) is 2.37. The molecule has 4 nitrogen and oxygen atoms in total. The lowest BCUT2D eigenvalue weighted by molar-refractivity contribution is -0.380. The standard InChI is InChI=1S/C15H20N2O2S/c18-17(19)14-6-11(8-20-14)7-16-15-12-2-9-1-10(4-12)5-13(15)3-9/h6,8-10,12-13,15-16H,1-5,7H2. The van der Waals surface area contributed by atoms with E-state index in [1.807, 2.05) is 5.38 Å². The van der Waals surface area contributed by atoms with Crippen molar-refractivity contribution >= 4 is 16.3 Å². The van der Waals surface area contributed by atoms with E-state index in [9.17, 15) is 10.1 Å². The van der Waals surface area contributed by atoms with Crippen LogP contribution in [0.5, 0.6) is 0 Å². The minimum absolute atomic E-state index is 0.256. The first-order valence-electron chi connectivity index (χ1n) is 7.64. The first-order valence-corrected chi connectivity index (χ1v) is 8.52. The van der Waals surface area contributed by atoms with Gasteiger partial charge in [-0.3, -0.25) is 10.1 Å². The van der Waals surface area contributed by atoms with Gasteiger partial charge in [0, 0.05) is 24.0 Å². The van der Waals surface area contributed by atoms with Crippen molar-refractivity contribution in [1.82, 2.24) is 5.32 Å². The fraction of sp³-hybridized carbons (Fsp3) is 0.733. The zero-order valence-electron chi connectivity index (χ0n) is 11.5. The van der Waals surface area contributed by atoms with Crippen LogP contribution in [0, 0.1) is 33.8 Å². The molecular weight excluding hydrogens is 272 g/mol. The van der Waals surface area contributed by atoms with Crippen LogP contribution in [0.2, 0.25) is 0 Å². The Kier molecular flexibility index (Phi) is 3.07. The van der Waals surface area contributed by atoms with Crippen LogP contribution in [0.15, 0.2) is 11.4 Å². The minimum atomic E-state index is -0.295. The number of nitrogens with one attached hydrogen (secondary N) is 1. The van der Waals surface area contributed by atoms with Crippen molar-refractivity contribution in [3.8, 4) is 0 Å². The first kappa shape index (κ1) is 12.8. The lowest BCUT2D eigenvalue weighted by Crippen LogP contribution is -2.54. The molecule has 108 valence electrons. The summed E-state index contributed by atoms with van der Waals surface area (Å²) in [6.45, 7) is 0.789. The summed E-state index contributed by atoms with van der Waals surface area (Å²) in [5.41, 5.74) is 1.07. The summed E-state index contributed by atoms with van der Waals surface area (Å²) in [4.78, 5) is 10.4. The highest BCUT2D eigenvalue weighted by Gasteiger charge is 2.47. The molecule has 0 atom stereocenters. The van der Waals surface area contributed by atoms with Gasteiger partial charge in [0.25, 0.3) is 0 Å². The summed E-state index contributed by atoms with van der Waals surface area (Å²) in [7, 11) is 0. The fourth-order valence-corrected chi connectivity index (χ4v) is 5.77. The van der Waals surface area contributed by atoms with E-state index in [2.05, 4.69) is 5.32 Å². The van der Waals surface area contributed by atoms with Crippen LogP contribution >= 0.6 is 11.3 Å². The molecule has 5 rings (SSSR count). The van der Waals surface area contributed by atoms with E-state index in [0.29, 0.717) is 6.04 Å². The number of hydrogen-bond acceptors (Lipinski definition) is 4. The molecule has 1 N–H and O–H groups in total. The van der Waals surface area contributed by atoms with Crippen LogP contribution in [-0.2, 0) is 6.54 Å². The monoisotopic (exact) mass is 292 g/mol. The highest BCUT2D eigenvalue weighted by Crippen LogP contribution is 2.53. The maximum absolute atomic E-state index is 10.7. The van der Waals surface area contributed by atoms with Gasteiger partial charge in [0.1, 0.15) is 0 Å². The third-order valence-electron chi connectivity index (χ3n) is 5.59. The van der Waals surface area contributed by atoms with Crippen LogP contribution in [0.4, 0.5) is 5.00 Å². The summed E-state index contributed by atoms with van der Waals surface area (Å²) in [5, 5.41) is 16.6. The summed E-state index contributed by atoms with van der Waals surface area (Å²) in [6.07, 6.45) is 7.13. The van der Waals surface area contributed by atoms with Crippen molar-refractivity contribution in [2.45, 2.75) is 44.7 Å². The van der Waals surface area contributed by atoms with Gasteiger partial charge in [-0.15, -0.1) is 0 Å². The van der Waals surface area contributed by atoms with E-state index in [1.165, 1.54) is 43.4 Å². The number of hydrogen-bond donors (Lipinski definition) is 1. The molecule has 4 saturated carbocycles. The second-order valence-corrected chi connectivity index (χ2v) is 7.78. The highest BCUT2D eigenvalue weighted by atomic mass is 32.1. The van der Waals surface area contributed by atoms with E-state index in [1.54, 1.807) is 6.07 Å². The van der Waals surface area contributed by atoms with Gasteiger partial charge < -0.3 is 5.32 Å². The Labute approximate surface area is 122 Å². The Morgan fingerprint density at radius 2 is 1.85 bits per heavy atom. The minimum Gasteiger partial charge on any atom is -0.309 e. The molecule has 4 bridgehead atoms. The van der Waals surface area contributed by atoms with Crippen LogP contribution in [-0.4, -0.2) is 11.0 Å². The molecule has 0 aliphatic heterocycles. The molecule has 4 fully saturated rings. The average Bonchev–Trinajstić information content (AvgIpc) is 2.86. The maximum Gasteiger partial charge on any atom is 0.324 e. The molecule has 0 aromatic carbocycles. The zero-order valence-corrected chi connectivity index (χ0v) is 12.3. The Balaban J connectivity index is 1.40. The molecule has 0 saturated heterocycles. The van der Waals surface area contributed by atoms with E-state index < -0.39 is 0 Å². The highest BCUT2D eigenvalue weighted by molar-refractivity contribution is 7.13. The van der Waals surface area contributed by atoms with Crippen molar-refractivity contribution in [3.63, 3.8) is 0 Å². The Morgan fingerprint density at radius 3 is 2.40 bits per heavy atom. The second-order valence-electron chi connectivity index (χ2n) is 6.89. The van der Waals surface area contributed by atoms with Crippen LogP contribution in [0.3, 0.4) is 0 Å². The fourth-order valence-electron chi connectivity index (χ4n) is 5.05. The summed E-state index contributed by atoms with van der Waals surface area (Å²) < 4.78 is 0. The first-order chi connectivity index (χ1) is 9.69. The number of nitro groups is 1. The zero-order chi connectivity index (χ0) is 13.7. The Morgan fingerprint density at radius 1 is 1.20 bits per heavy atom. The Bertz CT molecular complexity index is 500. The summed E-state index contributed by atoms with van der Waals surface area (Å²) in [5.74, 6) is 3.72. The van der Waals surface area contributed by atoms with Gasteiger partial charge in [-0.25, -0.2) is 0 Å². The molecule has 1 heterocycles. The van der Waals surface area contributed by atoms with Crippen LogP contribution < -0.4 is 5.32 Å². The molecular formula is C15H20N2O2S. The molecule has 1 aromatic heterocycles. The topological polar surface area (TPSA) is 55.2 Å². The molecule has 5 heteroatoms. The van der Waals surface area contributed by atoms with Crippen LogP contribution in [0.25, 0.3) is 0 Å². The van der Waals surface area contributed by atoms with E-state index in [-0.39, 0.29) is 9.92 Å². The van der Waals surface area contributed by atoms with Crippen LogP contribution in [0.1, 0.15) is 37.7 Å². The lowest BCUT2D eigenvalue weighted by atomic mass is 9.54. The largest absolute Gasteiger partial charge is 0.324 e. The van der Waals surface area contributed by atoms with Gasteiger partial charge >= 0.3 is 5.00 Å². The van der Waals surface area contributed by atoms with Crippen molar-refractivity contribution in [1.29, 1.82) is 0 Å². The van der Waals surface area contributed by atoms with E-state index in [4.69, 9.17) is 0 Å². The van der Waals surface area contributed by atoms with Gasteiger partial charge in [-0.2, -0.15) is 0 Å². The second kappa shape index (κ2) is 4.81. The normalized spacial score (nSPS) is 38.3. The van der Waals surface area contributed by atoms with Gasteiger partial charge in [0.2, 0.25) is 0 Å². The average molecular weight is 292 g/mol. The molecule has 4 aliphatic carbocycles. The van der Waals surface area contributed by atoms with Gasteiger partial charge in [0.05, 0.1) is 4.92 Å². The molecule has 0 unspecified atom stereocenters. The van der Waals surface area contributed by atoms with E-state index in [0.717, 1.165) is 35.8 Å². The van der Waals surface area contributed by atoms with Crippen molar-refractivity contribution in [2.75, 3.05) is 0 Å². The third kappa shape index (κ3) is 2.17. The third-order valence-corrected chi connectivity index (χ3v) is 6.52. The molecule has 0 amide bonds. The number of rotatable bonds is 4. The van der Waals surface area contributed by atoms with E-state index >= 15 is 0 Å². The quantitative estimate of drug-likeness (QED) is 0.682. The molecule has 20 heavy (non-hydrogen) atoms. The molecule has 0 radical (unpaired) electrons. The molecule has 1 aromatic rings. The maximum atomic E-state index is 10.7. The smallest absolute Gasteiger partial charge is 0.309 e. The predicted octanol–water partition coefficient (Wildman–Crippen LogP) is 3.57. The molecule has 4 aliphatic rings. The summed E-state index contributed by atoms with van der Waals surface area (Å²) >= 11 is 1.23. The lowest BCUT2D eigenvalue weighted by Gasteiger charge is -2.54. The Hall–Kier alpha value is -0.940. The number of thiophene rings is 1. The molecule has 0 spiro atoms. The van der Waals surface area contributed by atoms with Gasteiger partial charge in [-0.05, 0) is 61.3 Å². The SMILES string of the molecule is O=[N+]([O-])c1cc(CNC2C3CC4CC(C3)CC2C4)cs1. The predicted molar refractivity (Wildman–Crippen MR) is 78.6 cm³/mol. The number of nitrogens with zero attached hydrogens (tertiary/aromatic N) is 1.